The molecule has 0 saturated carbocycles. The highest BCUT2D eigenvalue weighted by molar-refractivity contribution is 7.89. The zero-order valence-electron chi connectivity index (χ0n) is 13.9. The van der Waals surface area contributed by atoms with E-state index in [0.29, 0.717) is 29.3 Å². The second-order valence-electron chi connectivity index (χ2n) is 5.78. The van der Waals surface area contributed by atoms with Gasteiger partial charge in [0, 0.05) is 35.3 Å². The molecule has 2 aromatic rings. The van der Waals surface area contributed by atoms with Gasteiger partial charge in [0.2, 0.25) is 16.0 Å². The number of fused-ring (bicyclic) bond motifs is 1. The summed E-state index contributed by atoms with van der Waals surface area (Å²) in [5.41, 5.74) is 6.05. The normalized spacial score (nSPS) is 18.3. The molecular weight excluding hydrogens is 417 g/mol. The Balaban J connectivity index is 0.00000261. The molecule has 1 atom stereocenters. The molecule has 146 valence electrons. The topological polar surface area (TPSA) is 138 Å². The molecule has 1 aliphatic heterocycles. The summed E-state index contributed by atoms with van der Waals surface area (Å²) in [4.78, 5) is 15.4. The summed E-state index contributed by atoms with van der Waals surface area (Å²) in [6.07, 6.45) is 3.82. The van der Waals surface area contributed by atoms with Gasteiger partial charge in [0.25, 0.3) is 0 Å². The maximum absolute atomic E-state index is 12.9. The van der Waals surface area contributed by atoms with Crippen LogP contribution in [0.2, 0.25) is 0 Å². The predicted molar refractivity (Wildman–Crippen MR) is 105 cm³/mol. The summed E-state index contributed by atoms with van der Waals surface area (Å²) in [7, 11) is -3.93. The molecule has 0 spiro atoms. The minimum absolute atomic E-state index is 0. The van der Waals surface area contributed by atoms with E-state index >= 15 is 0 Å². The number of guanidine groups is 1. The Bertz CT molecular complexity index is 999. The van der Waals surface area contributed by atoms with Crippen molar-refractivity contribution in [1.82, 2.24) is 9.29 Å². The van der Waals surface area contributed by atoms with Gasteiger partial charge >= 0.3 is 5.97 Å². The van der Waals surface area contributed by atoms with Crippen LogP contribution in [0.3, 0.4) is 0 Å². The van der Waals surface area contributed by atoms with Gasteiger partial charge in [-0.1, -0.05) is 6.07 Å². The van der Waals surface area contributed by atoms with Crippen LogP contribution >= 0.6 is 24.2 Å². The maximum atomic E-state index is 12.9. The molecule has 3 rings (SSSR count). The SMILES string of the molecule is Cl.NC(=NCl)Nc1cncc2cc(S(=O)(=O)N3CCC[C@H]3C(=O)O)ccc12. The van der Waals surface area contributed by atoms with Gasteiger partial charge in [-0.05, 0) is 25.0 Å². The monoisotopic (exact) mass is 433 g/mol. The minimum atomic E-state index is -3.93. The van der Waals surface area contributed by atoms with E-state index in [0.717, 1.165) is 4.31 Å². The number of benzene rings is 1. The number of carboxylic acids is 1. The molecule has 9 nitrogen and oxygen atoms in total. The Hall–Kier alpha value is -2.14. The number of carbonyl (C=O) groups is 1. The highest BCUT2D eigenvalue weighted by Gasteiger charge is 2.39. The number of sulfonamides is 1. The zero-order chi connectivity index (χ0) is 18.9. The van der Waals surface area contributed by atoms with E-state index in [-0.39, 0.29) is 29.8 Å². The number of carboxylic acid groups (broad SMARTS) is 1. The molecule has 0 unspecified atom stereocenters. The van der Waals surface area contributed by atoms with Gasteiger partial charge in [-0.15, -0.1) is 16.9 Å². The van der Waals surface area contributed by atoms with E-state index in [9.17, 15) is 18.3 Å². The number of pyridine rings is 1. The summed E-state index contributed by atoms with van der Waals surface area (Å²) >= 11 is 5.30. The van der Waals surface area contributed by atoms with Crippen molar-refractivity contribution in [2.75, 3.05) is 11.9 Å². The number of aromatic nitrogens is 1. The van der Waals surface area contributed by atoms with Gasteiger partial charge in [-0.25, -0.2) is 8.42 Å². The highest BCUT2D eigenvalue weighted by atomic mass is 35.5. The number of aliphatic carboxylic acids is 1. The average Bonchev–Trinajstić information content (AvgIpc) is 3.12. The summed E-state index contributed by atoms with van der Waals surface area (Å²) in [5, 5.41) is 13.2. The van der Waals surface area contributed by atoms with Gasteiger partial charge < -0.3 is 16.2 Å². The standard InChI is InChI=1S/C15H16ClN5O4S.ClH/c16-20-15(17)19-12-8-18-7-9-6-10(3-4-11(9)12)26(24,25)21-5-1-2-13(21)14(22)23;/h3-4,6-8,13H,1-2,5H2,(H,22,23)(H3,17,19,20);1H/t13-;/m0./s1. The first-order valence-corrected chi connectivity index (χ1v) is 9.46. The third-order valence-corrected chi connectivity index (χ3v) is 6.27. The van der Waals surface area contributed by atoms with Crippen LogP contribution in [0, 0.1) is 0 Å². The number of rotatable bonds is 4. The van der Waals surface area contributed by atoms with E-state index in [1.807, 2.05) is 0 Å². The lowest BCUT2D eigenvalue weighted by atomic mass is 10.1. The first kappa shape index (κ1) is 21.2. The molecule has 0 amide bonds. The molecule has 1 saturated heterocycles. The van der Waals surface area contributed by atoms with Crippen LogP contribution in [0.1, 0.15) is 12.8 Å². The fraction of sp³-hybridized carbons (Fsp3) is 0.267. The Kier molecular flexibility index (Phi) is 6.47. The summed E-state index contributed by atoms with van der Waals surface area (Å²) in [6.45, 7) is 0.180. The van der Waals surface area contributed by atoms with Crippen LogP contribution in [0.15, 0.2) is 40.0 Å². The van der Waals surface area contributed by atoms with Crippen molar-refractivity contribution in [1.29, 1.82) is 0 Å². The van der Waals surface area contributed by atoms with Gasteiger partial charge in [-0.2, -0.15) is 4.31 Å². The Morgan fingerprint density at radius 1 is 1.41 bits per heavy atom. The summed E-state index contributed by atoms with van der Waals surface area (Å²) < 4.78 is 30.1. The van der Waals surface area contributed by atoms with E-state index in [2.05, 4.69) is 14.8 Å². The van der Waals surface area contributed by atoms with Crippen molar-refractivity contribution in [3.8, 4) is 0 Å². The quantitative estimate of drug-likeness (QED) is 0.493. The van der Waals surface area contributed by atoms with Gasteiger partial charge in [-0.3, -0.25) is 9.78 Å². The van der Waals surface area contributed by atoms with Crippen LogP contribution in [-0.2, 0) is 14.8 Å². The van der Waals surface area contributed by atoms with Gasteiger partial charge in [0.15, 0.2) is 0 Å². The van der Waals surface area contributed by atoms with Crippen molar-refractivity contribution in [2.45, 2.75) is 23.8 Å². The predicted octanol–water partition coefficient (Wildman–Crippen LogP) is 1.77. The van der Waals surface area contributed by atoms with Crippen LogP contribution in [0.25, 0.3) is 10.8 Å². The Labute approximate surface area is 166 Å². The molecule has 1 aromatic heterocycles. The zero-order valence-corrected chi connectivity index (χ0v) is 16.3. The fourth-order valence-corrected chi connectivity index (χ4v) is 4.71. The molecule has 2 heterocycles. The lowest BCUT2D eigenvalue weighted by Crippen LogP contribution is -2.40. The van der Waals surface area contributed by atoms with Crippen molar-refractivity contribution in [3.63, 3.8) is 0 Å². The van der Waals surface area contributed by atoms with Gasteiger partial charge in [0.1, 0.15) is 6.04 Å². The Morgan fingerprint density at radius 3 is 2.81 bits per heavy atom. The molecule has 1 aromatic carbocycles. The minimum Gasteiger partial charge on any atom is -0.480 e. The van der Waals surface area contributed by atoms with Crippen molar-refractivity contribution in [3.05, 3.63) is 30.6 Å². The van der Waals surface area contributed by atoms with Crippen molar-refractivity contribution < 1.29 is 18.3 Å². The van der Waals surface area contributed by atoms with E-state index in [1.54, 1.807) is 6.07 Å². The molecule has 0 bridgehead atoms. The third-order valence-electron chi connectivity index (χ3n) is 4.18. The first-order valence-electron chi connectivity index (χ1n) is 7.68. The molecule has 4 N–H and O–H groups in total. The lowest BCUT2D eigenvalue weighted by molar-refractivity contribution is -0.140. The molecule has 27 heavy (non-hydrogen) atoms. The maximum Gasteiger partial charge on any atom is 0.322 e. The smallest absolute Gasteiger partial charge is 0.322 e. The second kappa shape index (κ2) is 8.26. The number of nitrogens with one attached hydrogen (secondary N) is 1. The van der Waals surface area contributed by atoms with Crippen LogP contribution in [-0.4, -0.2) is 47.3 Å². The van der Waals surface area contributed by atoms with Crippen LogP contribution in [0.4, 0.5) is 5.69 Å². The molecule has 0 radical (unpaired) electrons. The summed E-state index contributed by atoms with van der Waals surface area (Å²) in [6, 6.07) is 3.43. The lowest BCUT2D eigenvalue weighted by Gasteiger charge is -2.21. The van der Waals surface area contributed by atoms with Crippen molar-refractivity contribution >= 4 is 62.6 Å². The molecule has 12 heteroatoms. The number of hydrogen-bond donors (Lipinski definition) is 3. The van der Waals surface area contributed by atoms with E-state index in [1.165, 1.54) is 24.5 Å². The Morgan fingerprint density at radius 2 is 2.15 bits per heavy atom. The second-order valence-corrected chi connectivity index (χ2v) is 7.84. The number of hydrogen-bond acceptors (Lipinski definition) is 5. The fourth-order valence-electron chi connectivity index (χ4n) is 2.98. The summed E-state index contributed by atoms with van der Waals surface area (Å²) in [5.74, 6) is -1.17. The number of halogens is 2. The molecule has 1 aliphatic rings. The highest BCUT2D eigenvalue weighted by Crippen LogP contribution is 2.30. The van der Waals surface area contributed by atoms with Crippen molar-refractivity contribution in [2.24, 2.45) is 10.2 Å². The van der Waals surface area contributed by atoms with Gasteiger partial charge in [0.05, 0.1) is 16.8 Å². The van der Waals surface area contributed by atoms with Crippen LogP contribution in [0.5, 0.6) is 0 Å². The number of nitrogens with two attached hydrogens (primary N) is 1. The average molecular weight is 434 g/mol. The van der Waals surface area contributed by atoms with E-state index in [4.69, 9.17) is 17.5 Å². The largest absolute Gasteiger partial charge is 0.480 e. The molecule has 1 fully saturated rings. The van der Waals surface area contributed by atoms with Crippen LogP contribution < -0.4 is 11.1 Å². The molecule has 0 aliphatic carbocycles. The number of anilines is 1. The first-order chi connectivity index (χ1) is 12.3. The third kappa shape index (κ3) is 4.08. The molecular formula is C15H17Cl2N5O4S. The van der Waals surface area contributed by atoms with E-state index < -0.39 is 22.0 Å². The number of nitrogens with zero attached hydrogens (tertiary/aromatic N) is 3.